The first-order valence-electron chi connectivity index (χ1n) is 5.68. The number of hydrogen-bond donors (Lipinski definition) is 1. The van der Waals surface area contributed by atoms with E-state index in [1.807, 2.05) is 30.1 Å². The summed E-state index contributed by atoms with van der Waals surface area (Å²) in [5.41, 5.74) is 6.82. The van der Waals surface area contributed by atoms with Crippen LogP contribution in [-0.4, -0.2) is 17.2 Å². The van der Waals surface area contributed by atoms with Crippen LogP contribution in [0.2, 0.25) is 0 Å². The van der Waals surface area contributed by atoms with Gasteiger partial charge in [0.15, 0.2) is 5.82 Å². The zero-order chi connectivity index (χ0) is 13.0. The molecule has 0 unspecified atom stereocenters. The van der Waals surface area contributed by atoms with E-state index in [1.54, 1.807) is 12.1 Å². The summed E-state index contributed by atoms with van der Waals surface area (Å²) in [6, 6.07) is 10.3. The fourth-order valence-corrected chi connectivity index (χ4v) is 1.63. The molecule has 0 atom stereocenters. The molecule has 0 aliphatic carbocycles. The van der Waals surface area contributed by atoms with Gasteiger partial charge in [-0.05, 0) is 18.2 Å². The summed E-state index contributed by atoms with van der Waals surface area (Å²) in [4.78, 5) is 1.84. The number of benzene rings is 1. The largest absolute Gasteiger partial charge is 0.354 e. The van der Waals surface area contributed by atoms with Gasteiger partial charge in [-0.1, -0.05) is 18.2 Å². The zero-order valence-corrected chi connectivity index (χ0v) is 10.2. The maximum absolute atomic E-state index is 13.5. The Kier molecular flexibility index (Phi) is 3.84. The van der Waals surface area contributed by atoms with Crippen molar-refractivity contribution in [2.24, 2.45) is 5.73 Å². The van der Waals surface area contributed by atoms with Gasteiger partial charge in [0.2, 0.25) is 0 Å². The number of rotatable bonds is 4. The predicted octanol–water partition coefficient (Wildman–Crippen LogP) is 1.71. The van der Waals surface area contributed by atoms with Crippen LogP contribution in [0, 0.1) is 5.82 Å². The van der Waals surface area contributed by atoms with E-state index in [9.17, 15) is 4.39 Å². The fraction of sp³-hybridized carbons (Fsp3) is 0.231. The molecule has 1 heterocycles. The van der Waals surface area contributed by atoms with Crippen molar-refractivity contribution in [1.82, 2.24) is 10.2 Å². The van der Waals surface area contributed by atoms with Gasteiger partial charge in [-0.25, -0.2) is 4.39 Å². The lowest BCUT2D eigenvalue weighted by Gasteiger charge is -2.17. The van der Waals surface area contributed by atoms with Crippen LogP contribution < -0.4 is 10.6 Å². The standard InChI is InChI=1S/C13H15FN4/c1-18(9-10-4-2-3-5-12(10)14)13-7-6-11(8-15)16-17-13/h2-7H,8-9,15H2,1H3. The van der Waals surface area contributed by atoms with E-state index in [4.69, 9.17) is 5.73 Å². The number of nitrogens with two attached hydrogens (primary N) is 1. The summed E-state index contributed by atoms with van der Waals surface area (Å²) in [7, 11) is 1.85. The summed E-state index contributed by atoms with van der Waals surface area (Å²) in [5, 5.41) is 8.02. The van der Waals surface area contributed by atoms with Gasteiger partial charge in [-0.2, -0.15) is 5.10 Å². The van der Waals surface area contributed by atoms with Crippen LogP contribution in [0.25, 0.3) is 0 Å². The summed E-state index contributed by atoms with van der Waals surface area (Å²) < 4.78 is 13.5. The number of halogens is 1. The molecule has 0 saturated carbocycles. The highest BCUT2D eigenvalue weighted by Crippen LogP contribution is 2.14. The number of anilines is 1. The van der Waals surface area contributed by atoms with Gasteiger partial charge < -0.3 is 10.6 Å². The number of hydrogen-bond acceptors (Lipinski definition) is 4. The molecule has 2 N–H and O–H groups in total. The van der Waals surface area contributed by atoms with Crippen molar-refractivity contribution in [2.75, 3.05) is 11.9 Å². The molecular formula is C13H15FN4. The lowest BCUT2D eigenvalue weighted by molar-refractivity contribution is 0.607. The average Bonchev–Trinajstić information content (AvgIpc) is 2.41. The van der Waals surface area contributed by atoms with Crippen LogP contribution in [0.4, 0.5) is 10.2 Å². The smallest absolute Gasteiger partial charge is 0.151 e. The highest BCUT2D eigenvalue weighted by Gasteiger charge is 2.07. The number of nitrogens with zero attached hydrogens (tertiary/aromatic N) is 3. The average molecular weight is 246 g/mol. The Morgan fingerprint density at radius 2 is 1.94 bits per heavy atom. The van der Waals surface area contributed by atoms with Crippen LogP contribution in [0.5, 0.6) is 0 Å². The monoisotopic (exact) mass is 246 g/mol. The van der Waals surface area contributed by atoms with Gasteiger partial charge in [-0.3, -0.25) is 0 Å². The van der Waals surface area contributed by atoms with Crippen LogP contribution >= 0.6 is 0 Å². The van der Waals surface area contributed by atoms with Crippen molar-refractivity contribution < 1.29 is 4.39 Å². The van der Waals surface area contributed by atoms with Gasteiger partial charge >= 0.3 is 0 Å². The third-order valence-corrected chi connectivity index (χ3v) is 2.67. The molecule has 4 nitrogen and oxygen atoms in total. The van der Waals surface area contributed by atoms with Crippen molar-refractivity contribution in [3.8, 4) is 0 Å². The van der Waals surface area contributed by atoms with Crippen molar-refractivity contribution in [3.05, 3.63) is 53.5 Å². The second-order valence-corrected chi connectivity index (χ2v) is 4.03. The van der Waals surface area contributed by atoms with Crippen molar-refractivity contribution in [1.29, 1.82) is 0 Å². The summed E-state index contributed by atoms with van der Waals surface area (Å²) in [6.07, 6.45) is 0. The molecule has 0 aliphatic heterocycles. The number of aromatic nitrogens is 2. The maximum Gasteiger partial charge on any atom is 0.151 e. The van der Waals surface area contributed by atoms with Crippen LogP contribution in [0.15, 0.2) is 36.4 Å². The molecule has 1 aromatic carbocycles. The Balaban J connectivity index is 2.11. The molecular weight excluding hydrogens is 231 g/mol. The van der Waals surface area contributed by atoms with E-state index in [-0.39, 0.29) is 5.82 Å². The molecule has 0 bridgehead atoms. The van der Waals surface area contributed by atoms with Gasteiger partial charge in [-0.15, -0.1) is 5.10 Å². The van der Waals surface area contributed by atoms with Crippen molar-refractivity contribution in [2.45, 2.75) is 13.1 Å². The second-order valence-electron chi connectivity index (χ2n) is 4.03. The van der Waals surface area contributed by atoms with E-state index in [2.05, 4.69) is 10.2 Å². The van der Waals surface area contributed by atoms with Crippen LogP contribution in [0.1, 0.15) is 11.3 Å². The topological polar surface area (TPSA) is 55.0 Å². The third-order valence-electron chi connectivity index (χ3n) is 2.67. The molecule has 0 radical (unpaired) electrons. The summed E-state index contributed by atoms with van der Waals surface area (Å²) in [5.74, 6) is 0.478. The minimum absolute atomic E-state index is 0.212. The molecule has 18 heavy (non-hydrogen) atoms. The Morgan fingerprint density at radius 1 is 1.17 bits per heavy atom. The molecule has 0 saturated heterocycles. The van der Waals surface area contributed by atoms with Crippen molar-refractivity contribution >= 4 is 5.82 Å². The highest BCUT2D eigenvalue weighted by molar-refractivity contribution is 5.37. The Labute approximate surface area is 105 Å². The maximum atomic E-state index is 13.5. The minimum atomic E-state index is -0.212. The molecule has 5 heteroatoms. The van der Waals surface area contributed by atoms with Gasteiger partial charge in [0.05, 0.1) is 5.69 Å². The molecule has 94 valence electrons. The minimum Gasteiger partial charge on any atom is -0.354 e. The first kappa shape index (κ1) is 12.4. The highest BCUT2D eigenvalue weighted by atomic mass is 19.1. The SMILES string of the molecule is CN(Cc1ccccc1F)c1ccc(CN)nn1. The van der Waals surface area contributed by atoms with E-state index < -0.39 is 0 Å². The normalized spacial score (nSPS) is 10.4. The Morgan fingerprint density at radius 3 is 2.56 bits per heavy atom. The van der Waals surface area contributed by atoms with Gasteiger partial charge in [0, 0.05) is 25.7 Å². The fourth-order valence-electron chi connectivity index (χ4n) is 1.63. The quantitative estimate of drug-likeness (QED) is 0.892. The van der Waals surface area contributed by atoms with E-state index in [1.165, 1.54) is 6.07 Å². The molecule has 1 aromatic heterocycles. The second kappa shape index (κ2) is 5.55. The van der Waals surface area contributed by atoms with Crippen LogP contribution in [0.3, 0.4) is 0 Å². The van der Waals surface area contributed by atoms with Crippen molar-refractivity contribution in [3.63, 3.8) is 0 Å². The summed E-state index contributed by atoms with van der Waals surface area (Å²) in [6.45, 7) is 0.813. The summed E-state index contributed by atoms with van der Waals surface area (Å²) >= 11 is 0. The van der Waals surface area contributed by atoms with Crippen LogP contribution in [-0.2, 0) is 13.1 Å². The Hall–Kier alpha value is -2.01. The molecule has 0 spiro atoms. The molecule has 0 amide bonds. The molecule has 2 aromatic rings. The lowest BCUT2D eigenvalue weighted by atomic mass is 10.2. The first-order chi connectivity index (χ1) is 8.70. The predicted molar refractivity (Wildman–Crippen MR) is 68.4 cm³/mol. The lowest BCUT2D eigenvalue weighted by Crippen LogP contribution is -2.19. The van der Waals surface area contributed by atoms with E-state index in [0.717, 1.165) is 5.69 Å². The van der Waals surface area contributed by atoms with Gasteiger partial charge in [0.25, 0.3) is 0 Å². The molecule has 2 rings (SSSR count). The zero-order valence-electron chi connectivity index (χ0n) is 10.2. The van der Waals surface area contributed by atoms with E-state index >= 15 is 0 Å². The first-order valence-corrected chi connectivity index (χ1v) is 5.68. The molecule has 0 aliphatic rings. The third kappa shape index (κ3) is 2.81. The Bertz CT molecular complexity index is 513. The molecule has 0 fully saturated rings. The van der Waals surface area contributed by atoms with E-state index in [0.29, 0.717) is 24.5 Å². The van der Waals surface area contributed by atoms with Gasteiger partial charge in [0.1, 0.15) is 5.82 Å².